The fourth-order valence-corrected chi connectivity index (χ4v) is 2.46. The molecule has 2 aromatic rings. The molecule has 6 heteroatoms. The third kappa shape index (κ3) is 5.94. The lowest BCUT2D eigenvalue weighted by Crippen LogP contribution is -2.25. The lowest BCUT2D eigenvalue weighted by molar-refractivity contribution is 0.0952. The maximum Gasteiger partial charge on any atom is 0.252 e. The van der Waals surface area contributed by atoms with E-state index in [1.165, 1.54) is 11.8 Å². The Morgan fingerprint density at radius 1 is 1.28 bits per heavy atom. The molecule has 0 saturated heterocycles. The number of nitrogens with zero attached hydrogens (tertiary/aromatic N) is 1. The van der Waals surface area contributed by atoms with Crippen molar-refractivity contribution in [3.8, 4) is 11.6 Å². The molecule has 5 nitrogen and oxygen atoms in total. The SMILES string of the molecule is COc1ccc(CCCNC(=O)c2cnc(OC(C)C)c(Cl)c2)cc1. The smallest absolute Gasteiger partial charge is 0.252 e. The van der Waals surface area contributed by atoms with Gasteiger partial charge in [0.25, 0.3) is 5.91 Å². The van der Waals surface area contributed by atoms with Gasteiger partial charge in [-0.15, -0.1) is 0 Å². The van der Waals surface area contributed by atoms with Gasteiger partial charge in [-0.1, -0.05) is 23.7 Å². The van der Waals surface area contributed by atoms with Crippen molar-refractivity contribution in [1.29, 1.82) is 0 Å². The van der Waals surface area contributed by atoms with Crippen LogP contribution in [0.2, 0.25) is 5.02 Å². The number of benzene rings is 1. The van der Waals surface area contributed by atoms with Crippen LogP contribution in [0, 0.1) is 0 Å². The van der Waals surface area contributed by atoms with Gasteiger partial charge in [0.1, 0.15) is 10.8 Å². The molecule has 1 N–H and O–H groups in total. The normalized spacial score (nSPS) is 10.6. The second kappa shape index (κ2) is 9.28. The molecular formula is C19H23ClN2O3. The highest BCUT2D eigenvalue weighted by atomic mass is 35.5. The van der Waals surface area contributed by atoms with E-state index in [0.717, 1.165) is 18.6 Å². The minimum Gasteiger partial charge on any atom is -0.497 e. The van der Waals surface area contributed by atoms with Gasteiger partial charge in [0, 0.05) is 12.7 Å². The first-order valence-corrected chi connectivity index (χ1v) is 8.60. The van der Waals surface area contributed by atoms with E-state index < -0.39 is 0 Å². The number of ether oxygens (including phenoxy) is 2. The first-order valence-electron chi connectivity index (χ1n) is 8.23. The Morgan fingerprint density at radius 2 is 2.00 bits per heavy atom. The van der Waals surface area contributed by atoms with Crippen LogP contribution in [-0.4, -0.2) is 30.6 Å². The number of methoxy groups -OCH3 is 1. The van der Waals surface area contributed by atoms with Gasteiger partial charge in [0.05, 0.1) is 18.8 Å². The van der Waals surface area contributed by atoms with Gasteiger partial charge < -0.3 is 14.8 Å². The summed E-state index contributed by atoms with van der Waals surface area (Å²) in [4.78, 5) is 16.3. The predicted octanol–water partition coefficient (Wildman–Crippen LogP) is 3.89. The average Bonchev–Trinajstić information content (AvgIpc) is 2.60. The van der Waals surface area contributed by atoms with E-state index in [1.54, 1.807) is 13.2 Å². The van der Waals surface area contributed by atoms with Gasteiger partial charge in [0.2, 0.25) is 5.88 Å². The number of amides is 1. The zero-order valence-electron chi connectivity index (χ0n) is 14.7. The Hall–Kier alpha value is -2.27. The van der Waals surface area contributed by atoms with Gasteiger partial charge in [-0.05, 0) is 50.5 Å². The van der Waals surface area contributed by atoms with Crippen molar-refractivity contribution in [2.75, 3.05) is 13.7 Å². The van der Waals surface area contributed by atoms with E-state index in [1.807, 2.05) is 38.1 Å². The number of rotatable bonds is 8. The molecule has 0 spiro atoms. The molecule has 0 atom stereocenters. The molecule has 2 rings (SSSR count). The molecule has 1 aromatic carbocycles. The number of hydrogen-bond donors (Lipinski definition) is 1. The Morgan fingerprint density at radius 3 is 2.60 bits per heavy atom. The van der Waals surface area contributed by atoms with E-state index in [4.69, 9.17) is 21.1 Å². The molecule has 0 bridgehead atoms. The first kappa shape index (κ1) is 19.1. The fraction of sp³-hybridized carbons (Fsp3) is 0.368. The van der Waals surface area contributed by atoms with Crippen LogP contribution in [0.25, 0.3) is 0 Å². The number of hydrogen-bond acceptors (Lipinski definition) is 4. The summed E-state index contributed by atoms with van der Waals surface area (Å²) in [5.41, 5.74) is 1.63. The van der Waals surface area contributed by atoms with Crippen LogP contribution in [0.1, 0.15) is 36.2 Å². The second-order valence-electron chi connectivity index (χ2n) is 5.89. The summed E-state index contributed by atoms with van der Waals surface area (Å²) in [5, 5.41) is 3.21. The van der Waals surface area contributed by atoms with E-state index in [0.29, 0.717) is 23.0 Å². The fourth-order valence-electron chi connectivity index (χ4n) is 2.25. The topological polar surface area (TPSA) is 60.5 Å². The molecule has 1 heterocycles. The zero-order chi connectivity index (χ0) is 18.2. The van der Waals surface area contributed by atoms with Crippen LogP contribution in [0.5, 0.6) is 11.6 Å². The van der Waals surface area contributed by atoms with E-state index >= 15 is 0 Å². The Bertz CT molecular complexity index is 702. The molecule has 0 radical (unpaired) electrons. The van der Waals surface area contributed by atoms with Crippen LogP contribution in [0.4, 0.5) is 0 Å². The standard InChI is InChI=1S/C19H23ClN2O3/c1-13(2)25-19-17(20)11-15(12-22-19)18(23)21-10-4-5-14-6-8-16(24-3)9-7-14/h6-9,11-13H,4-5,10H2,1-3H3,(H,21,23). The molecule has 25 heavy (non-hydrogen) atoms. The quantitative estimate of drug-likeness (QED) is 0.723. The van der Waals surface area contributed by atoms with Crippen LogP contribution < -0.4 is 14.8 Å². The lowest BCUT2D eigenvalue weighted by Gasteiger charge is -2.11. The molecule has 0 fully saturated rings. The number of halogens is 1. The molecule has 0 aliphatic carbocycles. The number of carbonyl (C=O) groups excluding carboxylic acids is 1. The van der Waals surface area contributed by atoms with Crippen molar-refractivity contribution in [2.45, 2.75) is 32.8 Å². The molecule has 1 aromatic heterocycles. The van der Waals surface area contributed by atoms with E-state index in [2.05, 4.69) is 10.3 Å². The monoisotopic (exact) mass is 362 g/mol. The summed E-state index contributed by atoms with van der Waals surface area (Å²) < 4.78 is 10.6. The number of aromatic nitrogens is 1. The number of nitrogens with one attached hydrogen (secondary N) is 1. The van der Waals surface area contributed by atoms with Crippen LogP contribution in [-0.2, 0) is 6.42 Å². The third-order valence-electron chi connectivity index (χ3n) is 3.50. The maximum absolute atomic E-state index is 12.2. The number of carbonyl (C=O) groups is 1. The predicted molar refractivity (Wildman–Crippen MR) is 98.7 cm³/mol. The summed E-state index contributed by atoms with van der Waals surface area (Å²) in [5.74, 6) is 0.985. The molecule has 0 unspecified atom stereocenters. The number of pyridine rings is 1. The second-order valence-corrected chi connectivity index (χ2v) is 6.29. The molecule has 0 aliphatic rings. The van der Waals surface area contributed by atoms with E-state index in [-0.39, 0.29) is 12.0 Å². The summed E-state index contributed by atoms with van der Waals surface area (Å²) in [6.45, 7) is 4.36. The van der Waals surface area contributed by atoms with Crippen molar-refractivity contribution in [3.63, 3.8) is 0 Å². The Balaban J connectivity index is 1.80. The summed E-state index contributed by atoms with van der Waals surface area (Å²) >= 11 is 6.11. The molecule has 0 aliphatic heterocycles. The molecule has 0 saturated carbocycles. The minimum atomic E-state index is -0.194. The van der Waals surface area contributed by atoms with Crippen LogP contribution in [0.3, 0.4) is 0 Å². The molecular weight excluding hydrogens is 340 g/mol. The van der Waals surface area contributed by atoms with Crippen molar-refractivity contribution in [1.82, 2.24) is 10.3 Å². The zero-order valence-corrected chi connectivity index (χ0v) is 15.5. The third-order valence-corrected chi connectivity index (χ3v) is 3.77. The average molecular weight is 363 g/mol. The van der Waals surface area contributed by atoms with Crippen molar-refractivity contribution in [2.24, 2.45) is 0 Å². The van der Waals surface area contributed by atoms with Crippen LogP contribution >= 0.6 is 11.6 Å². The summed E-state index contributed by atoms with van der Waals surface area (Å²) in [6, 6.07) is 9.49. The van der Waals surface area contributed by atoms with Crippen molar-refractivity contribution in [3.05, 3.63) is 52.7 Å². The minimum absolute atomic E-state index is 0.0253. The van der Waals surface area contributed by atoms with Crippen LogP contribution in [0.15, 0.2) is 36.5 Å². The number of aryl methyl sites for hydroxylation is 1. The van der Waals surface area contributed by atoms with Crippen molar-refractivity contribution < 1.29 is 14.3 Å². The summed E-state index contributed by atoms with van der Waals surface area (Å²) in [6.07, 6.45) is 3.17. The van der Waals surface area contributed by atoms with Gasteiger partial charge in [-0.3, -0.25) is 4.79 Å². The van der Waals surface area contributed by atoms with Gasteiger partial charge in [0.15, 0.2) is 0 Å². The van der Waals surface area contributed by atoms with E-state index in [9.17, 15) is 4.79 Å². The highest BCUT2D eigenvalue weighted by molar-refractivity contribution is 6.32. The molecule has 1 amide bonds. The molecule has 134 valence electrons. The van der Waals surface area contributed by atoms with Crippen molar-refractivity contribution >= 4 is 17.5 Å². The highest BCUT2D eigenvalue weighted by Crippen LogP contribution is 2.23. The maximum atomic E-state index is 12.2. The van der Waals surface area contributed by atoms with Gasteiger partial charge >= 0.3 is 0 Å². The first-order chi connectivity index (χ1) is 12.0. The largest absolute Gasteiger partial charge is 0.497 e. The van der Waals surface area contributed by atoms with Gasteiger partial charge in [-0.2, -0.15) is 0 Å². The Labute approximate surface area is 153 Å². The highest BCUT2D eigenvalue weighted by Gasteiger charge is 2.11. The summed E-state index contributed by atoms with van der Waals surface area (Å²) in [7, 11) is 1.65. The Kier molecular flexibility index (Phi) is 7.07. The van der Waals surface area contributed by atoms with Gasteiger partial charge in [-0.25, -0.2) is 4.98 Å². The lowest BCUT2D eigenvalue weighted by atomic mass is 10.1.